The van der Waals surface area contributed by atoms with Gasteiger partial charge in [0.05, 0.1) is 23.5 Å². The van der Waals surface area contributed by atoms with Crippen molar-refractivity contribution in [3.63, 3.8) is 0 Å². The number of carbonyl (C=O) groups is 2. The van der Waals surface area contributed by atoms with Crippen LogP contribution in [-0.4, -0.2) is 32.1 Å². The highest BCUT2D eigenvalue weighted by atomic mass is 19.3. The van der Waals surface area contributed by atoms with Crippen LogP contribution in [0.5, 0.6) is 0 Å². The topological polar surface area (TPSA) is 88.4 Å². The minimum atomic E-state index is -2.64. The molecule has 0 unspecified atom stereocenters. The maximum atomic E-state index is 13.9. The van der Waals surface area contributed by atoms with Gasteiger partial charge in [-0.3, -0.25) is 14.0 Å². The van der Waals surface area contributed by atoms with Crippen molar-refractivity contribution in [3.8, 4) is 0 Å². The first-order valence-corrected chi connectivity index (χ1v) is 13.4. The molecule has 4 atom stereocenters. The van der Waals surface area contributed by atoms with E-state index in [1.165, 1.54) is 0 Å². The number of nitrogens with one attached hydrogen (secondary N) is 2. The molecule has 2 N–H and O–H groups in total. The molecule has 5 rings (SSSR count). The lowest BCUT2D eigenvalue weighted by atomic mass is 9.81. The van der Waals surface area contributed by atoms with E-state index in [4.69, 9.17) is 9.97 Å². The predicted octanol–water partition coefficient (Wildman–Crippen LogP) is 4.98. The summed E-state index contributed by atoms with van der Waals surface area (Å²) in [5.74, 6) is -1.22. The Balaban J connectivity index is 1.39. The van der Waals surface area contributed by atoms with Gasteiger partial charge in [0.15, 0.2) is 0 Å². The largest absolute Gasteiger partial charge is 0.347 e. The molecule has 36 heavy (non-hydrogen) atoms. The van der Waals surface area contributed by atoms with Gasteiger partial charge in [0.1, 0.15) is 0 Å². The van der Waals surface area contributed by atoms with Crippen LogP contribution in [0.2, 0.25) is 0 Å². The third kappa shape index (κ3) is 5.70. The number of hydrogen-bond acceptors (Lipinski definition) is 4. The molecule has 0 aliphatic heterocycles. The number of rotatable bonds is 9. The first-order chi connectivity index (χ1) is 17.1. The standard InChI is InChI=1S/C27H37F2N5O2/c1-15(2)12-22(35)32-23(17-4-5-17)20-8-11-34-14-21(31-26(34)30-20)24(33-25(36)19-13-16(19)3)18-6-9-27(28,29)10-7-18/h8,11,14-19,23-24H,4-7,9-10,12-13H2,1-3H3,(H,32,35)(H,33,36)/t16-,19-,23+,24-/m0/s1. The quantitative estimate of drug-likeness (QED) is 0.507. The van der Waals surface area contributed by atoms with Crippen LogP contribution < -0.4 is 10.6 Å². The summed E-state index contributed by atoms with van der Waals surface area (Å²) < 4.78 is 29.5. The minimum absolute atomic E-state index is 0.00644. The summed E-state index contributed by atoms with van der Waals surface area (Å²) in [6, 6.07) is 1.35. The van der Waals surface area contributed by atoms with Gasteiger partial charge in [-0.15, -0.1) is 0 Å². The third-order valence-electron chi connectivity index (χ3n) is 7.98. The van der Waals surface area contributed by atoms with Gasteiger partial charge in [-0.25, -0.2) is 18.7 Å². The number of amides is 2. The predicted molar refractivity (Wildman–Crippen MR) is 131 cm³/mol. The van der Waals surface area contributed by atoms with Crippen molar-refractivity contribution in [2.75, 3.05) is 0 Å². The van der Waals surface area contributed by atoms with Gasteiger partial charge >= 0.3 is 0 Å². The van der Waals surface area contributed by atoms with E-state index in [9.17, 15) is 18.4 Å². The van der Waals surface area contributed by atoms with Crippen LogP contribution in [0.1, 0.15) is 95.6 Å². The van der Waals surface area contributed by atoms with Crippen molar-refractivity contribution in [3.05, 3.63) is 29.8 Å². The molecule has 2 aromatic heterocycles. The highest BCUT2D eigenvalue weighted by molar-refractivity contribution is 5.81. The monoisotopic (exact) mass is 501 g/mol. The second-order valence-corrected chi connectivity index (χ2v) is 11.7. The molecular formula is C27H37F2N5O2. The van der Waals surface area contributed by atoms with E-state index in [-0.39, 0.29) is 48.5 Å². The summed E-state index contributed by atoms with van der Waals surface area (Å²) in [5, 5.41) is 6.31. The zero-order valence-corrected chi connectivity index (χ0v) is 21.3. The highest BCUT2D eigenvalue weighted by Gasteiger charge is 2.43. The van der Waals surface area contributed by atoms with Crippen LogP contribution in [-0.2, 0) is 9.59 Å². The van der Waals surface area contributed by atoms with Gasteiger partial charge in [0.2, 0.25) is 23.5 Å². The molecule has 3 saturated carbocycles. The van der Waals surface area contributed by atoms with E-state index in [1.807, 2.05) is 43.6 Å². The molecule has 2 amide bonds. The molecule has 9 heteroatoms. The van der Waals surface area contributed by atoms with E-state index < -0.39 is 12.0 Å². The van der Waals surface area contributed by atoms with Gasteiger partial charge in [-0.2, -0.15) is 0 Å². The van der Waals surface area contributed by atoms with Gasteiger partial charge in [-0.05, 0) is 61.8 Å². The fourth-order valence-corrected chi connectivity index (χ4v) is 5.47. The summed E-state index contributed by atoms with van der Waals surface area (Å²) in [7, 11) is 0. The Labute approximate surface area is 210 Å². The van der Waals surface area contributed by atoms with Crippen LogP contribution in [0.4, 0.5) is 8.78 Å². The van der Waals surface area contributed by atoms with Gasteiger partial charge in [-0.1, -0.05) is 20.8 Å². The van der Waals surface area contributed by atoms with E-state index in [0.717, 1.165) is 25.0 Å². The van der Waals surface area contributed by atoms with E-state index in [1.54, 1.807) is 0 Å². The Hall–Kier alpha value is -2.58. The van der Waals surface area contributed by atoms with E-state index in [2.05, 4.69) is 10.6 Å². The number of nitrogens with zero attached hydrogens (tertiary/aromatic N) is 3. The average Bonchev–Trinajstić information content (AvgIpc) is 3.73. The zero-order chi connectivity index (χ0) is 25.6. The Morgan fingerprint density at radius 3 is 2.28 bits per heavy atom. The molecular weight excluding hydrogens is 464 g/mol. The van der Waals surface area contributed by atoms with Crippen LogP contribution in [0, 0.1) is 29.6 Å². The fraction of sp³-hybridized carbons (Fsp3) is 0.704. The molecule has 0 bridgehead atoms. The van der Waals surface area contributed by atoms with Crippen LogP contribution >= 0.6 is 0 Å². The van der Waals surface area contributed by atoms with Crippen molar-refractivity contribution in [2.45, 2.75) is 90.1 Å². The number of alkyl halides is 2. The molecule has 2 aromatic rings. The molecule has 7 nitrogen and oxygen atoms in total. The second kappa shape index (κ2) is 9.71. The van der Waals surface area contributed by atoms with Gasteiger partial charge in [0.25, 0.3) is 0 Å². The number of halogens is 2. The fourth-order valence-electron chi connectivity index (χ4n) is 5.47. The normalized spacial score (nSPS) is 25.5. The van der Waals surface area contributed by atoms with Crippen LogP contribution in [0.25, 0.3) is 5.78 Å². The Kier molecular flexibility index (Phi) is 6.76. The van der Waals surface area contributed by atoms with E-state index in [0.29, 0.717) is 42.6 Å². The number of carbonyl (C=O) groups excluding carboxylic acids is 2. The number of fused-ring (bicyclic) bond motifs is 1. The molecule has 0 saturated heterocycles. The molecule has 0 radical (unpaired) electrons. The lowest BCUT2D eigenvalue weighted by Crippen LogP contribution is -2.38. The van der Waals surface area contributed by atoms with Gasteiger partial charge in [0, 0.05) is 37.6 Å². The summed E-state index contributed by atoms with van der Waals surface area (Å²) in [6.45, 7) is 6.09. The summed E-state index contributed by atoms with van der Waals surface area (Å²) in [4.78, 5) is 34.9. The summed E-state index contributed by atoms with van der Waals surface area (Å²) in [6.07, 6.45) is 7.53. The van der Waals surface area contributed by atoms with Crippen molar-refractivity contribution in [1.29, 1.82) is 0 Å². The molecule has 196 valence electrons. The second-order valence-electron chi connectivity index (χ2n) is 11.7. The number of aromatic nitrogens is 3. The molecule has 3 aliphatic carbocycles. The summed E-state index contributed by atoms with van der Waals surface area (Å²) in [5.41, 5.74) is 1.44. The first kappa shape index (κ1) is 25.1. The molecule has 3 aliphatic rings. The van der Waals surface area contributed by atoms with Crippen LogP contribution in [0.3, 0.4) is 0 Å². The highest BCUT2D eigenvalue weighted by Crippen LogP contribution is 2.43. The average molecular weight is 502 g/mol. The number of hydrogen-bond donors (Lipinski definition) is 2. The molecule has 0 aromatic carbocycles. The third-order valence-corrected chi connectivity index (χ3v) is 7.98. The van der Waals surface area contributed by atoms with Gasteiger partial charge < -0.3 is 10.6 Å². The van der Waals surface area contributed by atoms with Crippen molar-refractivity contribution in [1.82, 2.24) is 25.0 Å². The molecule has 2 heterocycles. The first-order valence-electron chi connectivity index (χ1n) is 13.4. The Morgan fingerprint density at radius 1 is 1.06 bits per heavy atom. The lowest BCUT2D eigenvalue weighted by molar-refractivity contribution is -0.124. The van der Waals surface area contributed by atoms with Crippen molar-refractivity contribution >= 4 is 17.6 Å². The lowest BCUT2D eigenvalue weighted by Gasteiger charge is -2.33. The molecule has 3 fully saturated rings. The van der Waals surface area contributed by atoms with Crippen LogP contribution in [0.15, 0.2) is 18.5 Å². The Bertz CT molecular complexity index is 1120. The maximum absolute atomic E-state index is 13.9. The Morgan fingerprint density at radius 2 is 1.67 bits per heavy atom. The van der Waals surface area contributed by atoms with Crippen molar-refractivity contribution in [2.24, 2.45) is 29.6 Å². The minimum Gasteiger partial charge on any atom is -0.347 e. The van der Waals surface area contributed by atoms with E-state index >= 15 is 0 Å². The van der Waals surface area contributed by atoms with Crippen molar-refractivity contribution < 1.29 is 18.4 Å². The smallest absolute Gasteiger partial charge is 0.248 e. The molecule has 0 spiro atoms. The SMILES string of the molecule is CC(C)CC(=O)N[C@@H](c1ccn2cc([C@@H](NC(=O)[C@H]3C[C@@H]3C)C3CCC(F)(F)CC3)nc2n1)C1CC1. The maximum Gasteiger partial charge on any atom is 0.248 e. The zero-order valence-electron chi connectivity index (χ0n) is 21.3. The summed E-state index contributed by atoms with van der Waals surface area (Å²) >= 11 is 0. The number of imidazole rings is 1.